The first-order valence-corrected chi connectivity index (χ1v) is 7.61. The smallest absolute Gasteiger partial charge is 0.352 e. The molecule has 0 radical (unpaired) electrons. The first-order chi connectivity index (χ1) is 10.9. The van der Waals surface area contributed by atoms with Crippen LogP contribution >= 0.6 is 0 Å². The molecule has 0 saturated heterocycles. The third kappa shape index (κ3) is 4.25. The van der Waals surface area contributed by atoms with Crippen molar-refractivity contribution >= 4 is 5.91 Å². The summed E-state index contributed by atoms with van der Waals surface area (Å²) in [4.78, 5) is 15.8. The minimum atomic E-state index is -4.49. The van der Waals surface area contributed by atoms with Gasteiger partial charge in [-0.15, -0.1) is 12.3 Å². The molecule has 23 heavy (non-hydrogen) atoms. The van der Waals surface area contributed by atoms with Gasteiger partial charge in [0, 0.05) is 19.2 Å². The molecule has 0 bridgehead atoms. The lowest BCUT2D eigenvalue weighted by Gasteiger charge is -2.34. The number of terminal acetylenes is 1. The van der Waals surface area contributed by atoms with Crippen LogP contribution in [0.5, 0.6) is 0 Å². The van der Waals surface area contributed by atoms with E-state index in [1.54, 1.807) is 0 Å². The standard InChI is InChI=1S/C17H19F3N2O/c1-2-7-16(8-4-3-5-9-16)15(23)22-12-13-6-10-21-14(11-13)17(18,19)20/h1,6,10-11H,3-5,7-9,12H2,(H,22,23). The van der Waals surface area contributed by atoms with Crippen molar-refractivity contribution < 1.29 is 18.0 Å². The second kappa shape index (κ2) is 7.03. The highest BCUT2D eigenvalue weighted by molar-refractivity contribution is 5.83. The molecule has 1 saturated carbocycles. The van der Waals surface area contributed by atoms with E-state index in [-0.39, 0.29) is 12.5 Å². The highest BCUT2D eigenvalue weighted by Gasteiger charge is 2.38. The summed E-state index contributed by atoms with van der Waals surface area (Å²) in [6.07, 6.45) is 6.80. The molecule has 1 N–H and O–H groups in total. The number of carbonyl (C=O) groups excluding carboxylic acids is 1. The third-order valence-corrected chi connectivity index (χ3v) is 4.30. The van der Waals surface area contributed by atoms with Crippen molar-refractivity contribution in [3.05, 3.63) is 29.6 Å². The average Bonchev–Trinajstić information content (AvgIpc) is 2.53. The van der Waals surface area contributed by atoms with Gasteiger partial charge < -0.3 is 5.32 Å². The van der Waals surface area contributed by atoms with E-state index >= 15 is 0 Å². The minimum Gasteiger partial charge on any atom is -0.352 e. The van der Waals surface area contributed by atoms with Gasteiger partial charge in [0.05, 0.1) is 5.41 Å². The fourth-order valence-corrected chi connectivity index (χ4v) is 3.02. The molecule has 0 aliphatic heterocycles. The maximum atomic E-state index is 12.6. The molecule has 0 atom stereocenters. The summed E-state index contributed by atoms with van der Waals surface area (Å²) in [6, 6.07) is 2.42. The predicted octanol–water partition coefficient (Wildman–Crippen LogP) is 3.69. The number of aromatic nitrogens is 1. The van der Waals surface area contributed by atoms with E-state index in [1.165, 1.54) is 6.07 Å². The van der Waals surface area contributed by atoms with Gasteiger partial charge in [-0.1, -0.05) is 19.3 Å². The Kier molecular flexibility index (Phi) is 5.30. The zero-order valence-electron chi connectivity index (χ0n) is 12.7. The summed E-state index contributed by atoms with van der Waals surface area (Å²) in [5, 5.41) is 2.74. The lowest BCUT2D eigenvalue weighted by molar-refractivity contribution is -0.141. The van der Waals surface area contributed by atoms with Crippen molar-refractivity contribution in [3.8, 4) is 12.3 Å². The summed E-state index contributed by atoms with van der Waals surface area (Å²) >= 11 is 0. The van der Waals surface area contributed by atoms with E-state index < -0.39 is 17.3 Å². The van der Waals surface area contributed by atoms with Crippen LogP contribution in [0.3, 0.4) is 0 Å². The van der Waals surface area contributed by atoms with E-state index in [0.29, 0.717) is 12.0 Å². The van der Waals surface area contributed by atoms with Crippen molar-refractivity contribution in [1.29, 1.82) is 0 Å². The van der Waals surface area contributed by atoms with Crippen LogP contribution in [0.2, 0.25) is 0 Å². The Morgan fingerprint density at radius 2 is 2.04 bits per heavy atom. The maximum absolute atomic E-state index is 12.6. The van der Waals surface area contributed by atoms with E-state index in [2.05, 4.69) is 16.2 Å². The molecule has 3 nitrogen and oxygen atoms in total. The Balaban J connectivity index is 2.05. The normalized spacial score (nSPS) is 17.3. The summed E-state index contributed by atoms with van der Waals surface area (Å²) in [5.74, 6) is 2.40. The van der Waals surface area contributed by atoms with Crippen LogP contribution < -0.4 is 5.32 Å². The number of carbonyl (C=O) groups is 1. The van der Waals surface area contributed by atoms with E-state index in [0.717, 1.165) is 44.4 Å². The fourth-order valence-electron chi connectivity index (χ4n) is 3.02. The van der Waals surface area contributed by atoms with Crippen LogP contribution in [-0.4, -0.2) is 10.9 Å². The highest BCUT2D eigenvalue weighted by atomic mass is 19.4. The fraction of sp³-hybridized carbons (Fsp3) is 0.529. The molecule has 1 heterocycles. The molecule has 0 unspecified atom stereocenters. The Labute approximate surface area is 133 Å². The average molecular weight is 324 g/mol. The zero-order valence-corrected chi connectivity index (χ0v) is 12.7. The first-order valence-electron chi connectivity index (χ1n) is 7.61. The van der Waals surface area contributed by atoms with Crippen molar-refractivity contribution in [2.75, 3.05) is 0 Å². The van der Waals surface area contributed by atoms with Crippen LogP contribution in [-0.2, 0) is 17.5 Å². The third-order valence-electron chi connectivity index (χ3n) is 4.30. The van der Waals surface area contributed by atoms with Gasteiger partial charge in [0.1, 0.15) is 5.69 Å². The lowest BCUT2D eigenvalue weighted by Crippen LogP contribution is -2.42. The van der Waals surface area contributed by atoms with Crippen molar-refractivity contribution in [3.63, 3.8) is 0 Å². The number of halogens is 3. The Morgan fingerprint density at radius 1 is 1.35 bits per heavy atom. The molecule has 124 valence electrons. The van der Waals surface area contributed by atoms with E-state index in [1.807, 2.05) is 0 Å². The van der Waals surface area contributed by atoms with Gasteiger partial charge in [0.2, 0.25) is 5.91 Å². The van der Waals surface area contributed by atoms with E-state index in [9.17, 15) is 18.0 Å². The molecule has 0 aromatic carbocycles. The second-order valence-corrected chi connectivity index (χ2v) is 5.95. The van der Waals surface area contributed by atoms with Crippen molar-refractivity contribution in [2.45, 2.75) is 51.2 Å². The SMILES string of the molecule is C#CCC1(C(=O)NCc2ccnc(C(F)(F)F)c2)CCCCC1. The number of hydrogen-bond donors (Lipinski definition) is 1. The molecule has 0 spiro atoms. The predicted molar refractivity (Wildman–Crippen MR) is 80.1 cm³/mol. The zero-order chi connectivity index (χ0) is 16.9. The number of hydrogen-bond acceptors (Lipinski definition) is 2. The molecule has 1 aliphatic carbocycles. The summed E-state index contributed by atoms with van der Waals surface area (Å²) in [7, 11) is 0. The summed E-state index contributed by atoms with van der Waals surface area (Å²) in [5.41, 5.74) is -1.17. The van der Waals surface area contributed by atoms with Gasteiger partial charge in [-0.25, -0.2) is 0 Å². The van der Waals surface area contributed by atoms with Crippen LogP contribution in [0.15, 0.2) is 18.3 Å². The molecule has 1 aromatic heterocycles. The van der Waals surface area contributed by atoms with Gasteiger partial charge in [-0.2, -0.15) is 13.2 Å². The van der Waals surface area contributed by atoms with Crippen LogP contribution in [0, 0.1) is 17.8 Å². The molecule has 2 rings (SSSR count). The molecule has 1 fully saturated rings. The number of nitrogens with one attached hydrogen (secondary N) is 1. The Bertz CT molecular complexity index is 599. The molecule has 1 aromatic rings. The van der Waals surface area contributed by atoms with Crippen molar-refractivity contribution in [1.82, 2.24) is 10.3 Å². The van der Waals surface area contributed by atoms with Gasteiger partial charge in [0.25, 0.3) is 0 Å². The van der Waals surface area contributed by atoms with Crippen LogP contribution in [0.1, 0.15) is 49.8 Å². The van der Waals surface area contributed by atoms with E-state index in [4.69, 9.17) is 6.42 Å². The summed E-state index contributed by atoms with van der Waals surface area (Å²) < 4.78 is 37.9. The van der Waals surface area contributed by atoms with Crippen molar-refractivity contribution in [2.24, 2.45) is 5.41 Å². The molecule has 1 aliphatic rings. The largest absolute Gasteiger partial charge is 0.433 e. The van der Waals surface area contributed by atoms with Gasteiger partial charge in [-0.05, 0) is 30.5 Å². The highest BCUT2D eigenvalue weighted by Crippen LogP contribution is 2.39. The molecule has 6 heteroatoms. The molecular weight excluding hydrogens is 305 g/mol. The van der Waals surface area contributed by atoms with Gasteiger partial charge >= 0.3 is 6.18 Å². The lowest BCUT2D eigenvalue weighted by atomic mass is 9.71. The van der Waals surface area contributed by atoms with Crippen LogP contribution in [0.25, 0.3) is 0 Å². The van der Waals surface area contributed by atoms with Gasteiger partial charge in [0.15, 0.2) is 0 Å². The minimum absolute atomic E-state index is 0.0384. The molecular formula is C17H19F3N2O. The first kappa shape index (κ1) is 17.3. The number of amides is 1. The second-order valence-electron chi connectivity index (χ2n) is 5.95. The Morgan fingerprint density at radius 3 is 2.65 bits per heavy atom. The number of rotatable bonds is 4. The monoisotopic (exact) mass is 324 g/mol. The van der Waals surface area contributed by atoms with Gasteiger partial charge in [-0.3, -0.25) is 9.78 Å². The number of alkyl halides is 3. The van der Waals surface area contributed by atoms with Crippen LogP contribution in [0.4, 0.5) is 13.2 Å². The maximum Gasteiger partial charge on any atom is 0.433 e. The number of pyridine rings is 1. The Hall–Kier alpha value is -2.03. The molecule has 1 amide bonds. The topological polar surface area (TPSA) is 42.0 Å². The summed E-state index contributed by atoms with van der Waals surface area (Å²) in [6.45, 7) is 0.0384. The number of nitrogens with zero attached hydrogens (tertiary/aromatic N) is 1. The quantitative estimate of drug-likeness (QED) is 0.858.